The molecule has 1 saturated heterocycles. The molecule has 1 N–H and O–H groups in total. The van der Waals surface area contributed by atoms with Crippen molar-refractivity contribution >= 4 is 27.9 Å². The van der Waals surface area contributed by atoms with E-state index >= 15 is 0 Å². The Kier molecular flexibility index (Phi) is 4.42. The molecular formula is C13H15BrN2O3. The Bertz CT molecular complexity index is 493. The number of rotatable bonds is 2. The van der Waals surface area contributed by atoms with Gasteiger partial charge < -0.3 is 15.0 Å². The number of carbonyl (C=O) groups excluding carboxylic acids is 2. The third-order valence-electron chi connectivity index (χ3n) is 3.04. The Labute approximate surface area is 120 Å². The molecule has 2 rings (SSSR count). The van der Waals surface area contributed by atoms with Gasteiger partial charge in [-0.2, -0.15) is 0 Å². The number of halogens is 1. The highest BCUT2D eigenvalue weighted by Crippen LogP contribution is 2.14. The van der Waals surface area contributed by atoms with E-state index < -0.39 is 0 Å². The van der Waals surface area contributed by atoms with Crippen LogP contribution in [-0.4, -0.2) is 43.1 Å². The van der Waals surface area contributed by atoms with Crippen molar-refractivity contribution in [3.05, 3.63) is 34.3 Å². The summed E-state index contributed by atoms with van der Waals surface area (Å²) in [5, 5.41) is 2.92. The van der Waals surface area contributed by atoms with E-state index in [1.54, 1.807) is 17.0 Å². The summed E-state index contributed by atoms with van der Waals surface area (Å²) in [6, 6.07) is 7.18. The minimum atomic E-state index is -0.348. The third-order valence-corrected chi connectivity index (χ3v) is 3.54. The van der Waals surface area contributed by atoms with E-state index in [-0.39, 0.29) is 18.0 Å². The zero-order chi connectivity index (χ0) is 13.8. The fourth-order valence-electron chi connectivity index (χ4n) is 2.07. The number of benzene rings is 1. The predicted molar refractivity (Wildman–Crippen MR) is 74.0 cm³/mol. The molecule has 1 aromatic carbocycles. The molecule has 0 radical (unpaired) electrons. The highest BCUT2D eigenvalue weighted by Gasteiger charge is 2.27. The molecular weight excluding hydrogens is 312 g/mol. The maximum Gasteiger partial charge on any atom is 0.409 e. The van der Waals surface area contributed by atoms with Gasteiger partial charge in [0.25, 0.3) is 5.91 Å². The quantitative estimate of drug-likeness (QED) is 0.904. The van der Waals surface area contributed by atoms with E-state index in [0.717, 1.165) is 10.9 Å². The van der Waals surface area contributed by atoms with E-state index in [4.69, 9.17) is 0 Å². The van der Waals surface area contributed by atoms with Gasteiger partial charge in [0.1, 0.15) is 0 Å². The molecule has 1 fully saturated rings. The van der Waals surface area contributed by atoms with Crippen LogP contribution in [0.25, 0.3) is 0 Å². The van der Waals surface area contributed by atoms with Crippen LogP contribution in [0, 0.1) is 0 Å². The van der Waals surface area contributed by atoms with Crippen molar-refractivity contribution in [1.82, 2.24) is 10.2 Å². The van der Waals surface area contributed by atoms with E-state index in [1.165, 1.54) is 7.11 Å². The Morgan fingerprint density at radius 2 is 2.26 bits per heavy atom. The SMILES string of the molecule is COC(=O)N1CC[C@@H](NC(=O)c2cccc(Br)c2)C1. The molecule has 1 heterocycles. The van der Waals surface area contributed by atoms with Crippen LogP contribution in [-0.2, 0) is 4.74 Å². The van der Waals surface area contributed by atoms with E-state index in [2.05, 4.69) is 26.0 Å². The van der Waals surface area contributed by atoms with Crippen LogP contribution < -0.4 is 5.32 Å². The lowest BCUT2D eigenvalue weighted by atomic mass is 10.2. The first kappa shape index (κ1) is 13.9. The van der Waals surface area contributed by atoms with Crippen molar-refractivity contribution in [3.63, 3.8) is 0 Å². The number of amides is 2. The van der Waals surface area contributed by atoms with Crippen molar-refractivity contribution in [3.8, 4) is 0 Å². The number of nitrogens with zero attached hydrogens (tertiary/aromatic N) is 1. The van der Waals surface area contributed by atoms with E-state index in [0.29, 0.717) is 18.7 Å². The summed E-state index contributed by atoms with van der Waals surface area (Å²) >= 11 is 3.33. The summed E-state index contributed by atoms with van der Waals surface area (Å²) in [6.45, 7) is 1.10. The van der Waals surface area contributed by atoms with Crippen LogP contribution in [0.2, 0.25) is 0 Å². The molecule has 2 amide bonds. The largest absolute Gasteiger partial charge is 0.453 e. The van der Waals surface area contributed by atoms with Gasteiger partial charge in [-0.05, 0) is 24.6 Å². The first-order valence-electron chi connectivity index (χ1n) is 5.99. The molecule has 0 spiro atoms. The van der Waals surface area contributed by atoms with Crippen LogP contribution in [0.3, 0.4) is 0 Å². The first-order chi connectivity index (χ1) is 9.10. The second kappa shape index (κ2) is 6.06. The Hall–Kier alpha value is -1.56. The molecule has 1 aliphatic heterocycles. The average Bonchev–Trinajstić information content (AvgIpc) is 2.86. The standard InChI is InChI=1S/C13H15BrN2O3/c1-19-13(18)16-6-5-11(8-16)15-12(17)9-3-2-4-10(14)7-9/h2-4,7,11H,5-6,8H2,1H3,(H,15,17)/t11-/m1/s1. The van der Waals surface area contributed by atoms with E-state index in [9.17, 15) is 9.59 Å². The van der Waals surface area contributed by atoms with Gasteiger partial charge in [-0.15, -0.1) is 0 Å². The maximum absolute atomic E-state index is 12.0. The lowest BCUT2D eigenvalue weighted by molar-refractivity contribution is 0.0934. The van der Waals surface area contributed by atoms with Crippen LogP contribution in [0.1, 0.15) is 16.8 Å². The molecule has 0 aromatic heterocycles. The minimum Gasteiger partial charge on any atom is -0.453 e. The average molecular weight is 327 g/mol. The smallest absolute Gasteiger partial charge is 0.409 e. The Balaban J connectivity index is 1.92. The van der Waals surface area contributed by atoms with Crippen molar-refractivity contribution in [2.45, 2.75) is 12.5 Å². The van der Waals surface area contributed by atoms with Gasteiger partial charge in [0, 0.05) is 29.2 Å². The number of hydrogen-bond donors (Lipinski definition) is 1. The molecule has 102 valence electrons. The van der Waals surface area contributed by atoms with Crippen molar-refractivity contribution < 1.29 is 14.3 Å². The van der Waals surface area contributed by atoms with Gasteiger partial charge in [0.2, 0.25) is 0 Å². The zero-order valence-electron chi connectivity index (χ0n) is 10.6. The van der Waals surface area contributed by atoms with Crippen LogP contribution >= 0.6 is 15.9 Å². The molecule has 0 bridgehead atoms. The summed E-state index contributed by atoms with van der Waals surface area (Å²) < 4.78 is 5.52. The van der Waals surface area contributed by atoms with Gasteiger partial charge in [-0.1, -0.05) is 22.0 Å². The zero-order valence-corrected chi connectivity index (χ0v) is 12.1. The predicted octanol–water partition coefficient (Wildman–Crippen LogP) is 2.02. The second-order valence-electron chi connectivity index (χ2n) is 4.39. The van der Waals surface area contributed by atoms with Gasteiger partial charge in [-0.3, -0.25) is 4.79 Å². The van der Waals surface area contributed by atoms with Crippen LogP contribution in [0.4, 0.5) is 4.79 Å². The van der Waals surface area contributed by atoms with Crippen molar-refractivity contribution in [2.75, 3.05) is 20.2 Å². The molecule has 1 aliphatic rings. The normalized spacial score (nSPS) is 18.2. The minimum absolute atomic E-state index is 0.0226. The molecule has 0 aliphatic carbocycles. The van der Waals surface area contributed by atoms with Gasteiger partial charge in [-0.25, -0.2) is 4.79 Å². The summed E-state index contributed by atoms with van der Waals surface area (Å²) in [7, 11) is 1.36. The molecule has 5 nitrogen and oxygen atoms in total. The van der Waals surface area contributed by atoms with Gasteiger partial charge >= 0.3 is 6.09 Å². The number of methoxy groups -OCH3 is 1. The van der Waals surface area contributed by atoms with Crippen LogP contribution in [0.15, 0.2) is 28.7 Å². The molecule has 1 atom stereocenters. The number of likely N-dealkylation sites (tertiary alicyclic amines) is 1. The third kappa shape index (κ3) is 3.47. The topological polar surface area (TPSA) is 58.6 Å². The summed E-state index contributed by atoms with van der Waals surface area (Å²) in [4.78, 5) is 25.0. The highest BCUT2D eigenvalue weighted by molar-refractivity contribution is 9.10. The highest BCUT2D eigenvalue weighted by atomic mass is 79.9. The number of carbonyl (C=O) groups is 2. The molecule has 0 saturated carbocycles. The lowest BCUT2D eigenvalue weighted by Gasteiger charge is -2.15. The number of hydrogen-bond acceptors (Lipinski definition) is 3. The summed E-state index contributed by atoms with van der Waals surface area (Å²) in [5.41, 5.74) is 0.603. The lowest BCUT2D eigenvalue weighted by Crippen LogP contribution is -2.38. The first-order valence-corrected chi connectivity index (χ1v) is 6.79. The van der Waals surface area contributed by atoms with Gasteiger partial charge in [0.15, 0.2) is 0 Å². The van der Waals surface area contributed by atoms with Gasteiger partial charge in [0.05, 0.1) is 7.11 Å². The fourth-order valence-corrected chi connectivity index (χ4v) is 2.47. The molecule has 0 unspecified atom stereocenters. The maximum atomic E-state index is 12.0. The second-order valence-corrected chi connectivity index (χ2v) is 5.30. The summed E-state index contributed by atoms with van der Waals surface area (Å²) in [5.74, 6) is -0.127. The summed E-state index contributed by atoms with van der Waals surface area (Å²) in [6.07, 6.45) is 0.397. The Morgan fingerprint density at radius 3 is 2.95 bits per heavy atom. The Morgan fingerprint density at radius 1 is 1.47 bits per heavy atom. The number of ether oxygens (including phenoxy) is 1. The fraction of sp³-hybridized carbons (Fsp3) is 0.385. The molecule has 1 aromatic rings. The number of nitrogens with one attached hydrogen (secondary N) is 1. The molecule has 6 heteroatoms. The van der Waals surface area contributed by atoms with E-state index in [1.807, 2.05) is 12.1 Å². The van der Waals surface area contributed by atoms with Crippen molar-refractivity contribution in [2.24, 2.45) is 0 Å². The monoisotopic (exact) mass is 326 g/mol. The van der Waals surface area contributed by atoms with Crippen molar-refractivity contribution in [1.29, 1.82) is 0 Å². The van der Waals surface area contributed by atoms with Crippen LogP contribution in [0.5, 0.6) is 0 Å². The molecule has 19 heavy (non-hydrogen) atoms.